The topological polar surface area (TPSA) is 63.6 Å². The molecule has 0 spiro atoms. The van der Waals surface area contributed by atoms with Crippen LogP contribution in [0.3, 0.4) is 0 Å². The number of rotatable bonds is 59. The first-order chi connectivity index (χ1) is 34.2. The van der Waals surface area contributed by atoms with Gasteiger partial charge in [0, 0.05) is 12.8 Å². The maximum atomic E-state index is 11.9. The molecule has 0 heterocycles. The normalized spacial score (nSPS) is 11.5. The highest BCUT2D eigenvalue weighted by Gasteiger charge is 2.05. The summed E-state index contributed by atoms with van der Waals surface area (Å²) in [5, 5.41) is 8.68. The van der Waals surface area contributed by atoms with Crippen molar-refractivity contribution in [3.63, 3.8) is 0 Å². The van der Waals surface area contributed by atoms with E-state index in [1.165, 1.54) is 327 Å². The van der Waals surface area contributed by atoms with Crippen LogP contribution in [-0.2, 0) is 9.59 Å². The van der Waals surface area contributed by atoms with Crippen LogP contribution in [0.15, 0.2) is 30.3 Å². The van der Waals surface area contributed by atoms with Gasteiger partial charge in [-0.15, -0.1) is 0 Å². The minimum atomic E-state index is -0.648. The second-order valence-electron chi connectivity index (χ2n) is 22.1. The van der Waals surface area contributed by atoms with Crippen LogP contribution in [0.2, 0.25) is 0 Å². The molecule has 1 aromatic rings. The standard InChI is InChI=1S/C65H120O4/c66-64(67)61-57-52-50-48-46-44-42-40-38-36-34-32-30-28-26-24-22-20-18-16-14-12-10-8-6-4-2-1-3-5-7-9-11-13-15-17-19-21-23-25-27-29-31-33-35-37-39-41-43-45-47-49-51-53-58-62-65(68)69-63-59-55-54-56-60-63/h54-56,59-60H,1-53,57-58,61-62H2,(H,66,67). The van der Waals surface area contributed by atoms with Gasteiger partial charge in [0.25, 0.3) is 0 Å². The van der Waals surface area contributed by atoms with Crippen LogP contribution < -0.4 is 4.74 Å². The molecule has 1 rings (SSSR count). The van der Waals surface area contributed by atoms with Crippen LogP contribution in [-0.4, -0.2) is 17.0 Å². The maximum Gasteiger partial charge on any atom is 0.311 e. The Morgan fingerprint density at radius 3 is 0.580 bits per heavy atom. The fraction of sp³-hybridized carbons (Fsp3) is 0.877. The number of hydrogen-bond donors (Lipinski definition) is 1. The number of carboxylic acid groups (broad SMARTS) is 1. The lowest BCUT2D eigenvalue weighted by Crippen LogP contribution is -2.07. The third-order valence-electron chi connectivity index (χ3n) is 15.2. The minimum Gasteiger partial charge on any atom is -0.481 e. The van der Waals surface area contributed by atoms with Crippen molar-refractivity contribution >= 4 is 11.9 Å². The van der Waals surface area contributed by atoms with Gasteiger partial charge in [-0.2, -0.15) is 0 Å². The van der Waals surface area contributed by atoms with Crippen molar-refractivity contribution in [3.05, 3.63) is 30.3 Å². The maximum absolute atomic E-state index is 11.9. The predicted molar refractivity (Wildman–Crippen MR) is 303 cm³/mol. The summed E-state index contributed by atoms with van der Waals surface area (Å²) in [6.07, 6.45) is 78.2. The van der Waals surface area contributed by atoms with Crippen LogP contribution in [0.25, 0.3) is 0 Å². The molecule has 69 heavy (non-hydrogen) atoms. The van der Waals surface area contributed by atoms with E-state index in [9.17, 15) is 9.59 Å². The minimum absolute atomic E-state index is 0.101. The molecule has 0 aliphatic rings. The summed E-state index contributed by atoms with van der Waals surface area (Å²) in [4.78, 5) is 22.5. The number of unbranched alkanes of at least 4 members (excludes halogenated alkanes) is 54. The average molecular weight is 966 g/mol. The summed E-state index contributed by atoms with van der Waals surface area (Å²) in [5.74, 6) is -0.0930. The van der Waals surface area contributed by atoms with Gasteiger partial charge in [0.05, 0.1) is 0 Å². The number of carbonyl (C=O) groups excluding carboxylic acids is 1. The Bertz CT molecular complexity index is 1130. The summed E-state index contributed by atoms with van der Waals surface area (Å²) in [5.41, 5.74) is 0. The highest BCUT2D eigenvalue weighted by Crippen LogP contribution is 2.20. The van der Waals surface area contributed by atoms with Gasteiger partial charge in [0.1, 0.15) is 5.75 Å². The molecule has 0 aliphatic carbocycles. The molecule has 0 atom stereocenters. The molecule has 4 nitrogen and oxygen atoms in total. The predicted octanol–water partition coefficient (Wildman–Crippen LogP) is 22.9. The molecule has 0 saturated carbocycles. The Labute approximate surface area is 431 Å². The van der Waals surface area contributed by atoms with Gasteiger partial charge in [0.2, 0.25) is 0 Å². The van der Waals surface area contributed by atoms with Gasteiger partial charge in [-0.3, -0.25) is 9.59 Å². The fourth-order valence-electron chi connectivity index (χ4n) is 10.6. The average Bonchev–Trinajstić information content (AvgIpc) is 3.35. The molecule has 4 heteroatoms. The quantitative estimate of drug-likeness (QED) is 0.0401. The monoisotopic (exact) mass is 965 g/mol. The van der Waals surface area contributed by atoms with E-state index >= 15 is 0 Å². The lowest BCUT2D eigenvalue weighted by Gasteiger charge is -2.05. The summed E-state index contributed by atoms with van der Waals surface area (Å²) < 4.78 is 5.36. The molecule has 0 saturated heterocycles. The Hall–Kier alpha value is -1.84. The van der Waals surface area contributed by atoms with Crippen molar-refractivity contribution < 1.29 is 19.4 Å². The van der Waals surface area contributed by atoms with Gasteiger partial charge in [-0.1, -0.05) is 359 Å². The van der Waals surface area contributed by atoms with Crippen molar-refractivity contribution in [3.8, 4) is 5.75 Å². The van der Waals surface area contributed by atoms with E-state index in [0.717, 1.165) is 25.7 Å². The Balaban J connectivity index is 1.60. The van der Waals surface area contributed by atoms with E-state index in [2.05, 4.69) is 0 Å². The highest BCUT2D eigenvalue weighted by molar-refractivity contribution is 5.72. The number of aliphatic carboxylic acids is 1. The summed E-state index contributed by atoms with van der Waals surface area (Å²) >= 11 is 0. The molecule has 404 valence electrons. The molecule has 1 N–H and O–H groups in total. The van der Waals surface area contributed by atoms with Gasteiger partial charge in [0.15, 0.2) is 0 Å². The van der Waals surface area contributed by atoms with E-state index in [-0.39, 0.29) is 5.97 Å². The first-order valence-corrected chi connectivity index (χ1v) is 31.7. The van der Waals surface area contributed by atoms with E-state index in [4.69, 9.17) is 9.84 Å². The zero-order chi connectivity index (χ0) is 49.3. The van der Waals surface area contributed by atoms with E-state index in [1.54, 1.807) is 0 Å². The van der Waals surface area contributed by atoms with Crippen molar-refractivity contribution in [1.29, 1.82) is 0 Å². The third-order valence-corrected chi connectivity index (χ3v) is 15.2. The second-order valence-corrected chi connectivity index (χ2v) is 22.1. The first kappa shape index (κ1) is 65.2. The largest absolute Gasteiger partial charge is 0.481 e. The molecule has 0 amide bonds. The summed E-state index contributed by atoms with van der Waals surface area (Å²) in [6, 6.07) is 9.41. The SMILES string of the molecule is O=C(O)CCCCCCCCCCCCCCCCCCCCCCCCCCCCCCCCCCCCCCCCCCCCCCCCCCCCCCCCCC(=O)Oc1ccccc1. The van der Waals surface area contributed by atoms with Crippen LogP contribution in [0.4, 0.5) is 0 Å². The first-order valence-electron chi connectivity index (χ1n) is 31.7. The zero-order valence-electron chi connectivity index (χ0n) is 46.4. The number of benzene rings is 1. The zero-order valence-corrected chi connectivity index (χ0v) is 46.4. The van der Waals surface area contributed by atoms with Crippen LogP contribution in [0.1, 0.15) is 366 Å². The summed E-state index contributed by atoms with van der Waals surface area (Å²) in [6.45, 7) is 0. The molecular formula is C65H120O4. The molecular weight excluding hydrogens is 845 g/mol. The highest BCUT2D eigenvalue weighted by atomic mass is 16.5. The Morgan fingerprint density at radius 2 is 0.406 bits per heavy atom. The Kier molecular flexibility index (Phi) is 53.9. The van der Waals surface area contributed by atoms with E-state index < -0.39 is 5.97 Å². The van der Waals surface area contributed by atoms with Crippen molar-refractivity contribution in [1.82, 2.24) is 0 Å². The number of para-hydroxylation sites is 1. The van der Waals surface area contributed by atoms with Crippen LogP contribution >= 0.6 is 0 Å². The smallest absolute Gasteiger partial charge is 0.311 e. The lowest BCUT2D eigenvalue weighted by atomic mass is 10.0. The van der Waals surface area contributed by atoms with Crippen molar-refractivity contribution in [2.75, 3.05) is 0 Å². The van der Waals surface area contributed by atoms with E-state index in [0.29, 0.717) is 18.6 Å². The number of carbonyl (C=O) groups is 2. The van der Waals surface area contributed by atoms with Gasteiger partial charge < -0.3 is 9.84 Å². The van der Waals surface area contributed by atoms with Gasteiger partial charge in [-0.25, -0.2) is 0 Å². The van der Waals surface area contributed by atoms with Gasteiger partial charge >= 0.3 is 11.9 Å². The third kappa shape index (κ3) is 55.3. The molecule has 0 aliphatic heterocycles. The lowest BCUT2D eigenvalue weighted by molar-refractivity contribution is -0.137. The van der Waals surface area contributed by atoms with Crippen molar-refractivity contribution in [2.24, 2.45) is 0 Å². The number of hydrogen-bond acceptors (Lipinski definition) is 3. The van der Waals surface area contributed by atoms with Crippen molar-refractivity contribution in [2.45, 2.75) is 366 Å². The molecule has 0 fully saturated rings. The number of esters is 1. The molecule has 0 bridgehead atoms. The second kappa shape index (κ2) is 57.1. The summed E-state index contributed by atoms with van der Waals surface area (Å²) in [7, 11) is 0. The molecule has 0 aromatic heterocycles. The Morgan fingerprint density at radius 1 is 0.246 bits per heavy atom. The fourth-order valence-corrected chi connectivity index (χ4v) is 10.6. The number of carboxylic acids is 1. The van der Waals surface area contributed by atoms with Gasteiger partial charge in [-0.05, 0) is 25.0 Å². The van der Waals surface area contributed by atoms with Crippen LogP contribution in [0, 0.1) is 0 Å². The number of ether oxygens (including phenoxy) is 1. The van der Waals surface area contributed by atoms with E-state index in [1.807, 2.05) is 30.3 Å². The molecule has 0 radical (unpaired) electrons. The molecule has 1 aromatic carbocycles. The molecule has 0 unspecified atom stereocenters. The van der Waals surface area contributed by atoms with Crippen LogP contribution in [0.5, 0.6) is 5.75 Å².